The Labute approximate surface area is 116 Å². The van der Waals surface area contributed by atoms with Gasteiger partial charge in [-0.05, 0) is 37.7 Å². The maximum atomic E-state index is 14.0. The Morgan fingerprint density at radius 2 is 1.58 bits per heavy atom. The molecule has 0 fully saturated rings. The van der Waals surface area contributed by atoms with Crippen LogP contribution in [0.25, 0.3) is 0 Å². The van der Waals surface area contributed by atoms with Crippen molar-refractivity contribution in [3.8, 4) is 0 Å². The van der Waals surface area contributed by atoms with Gasteiger partial charge in [0.1, 0.15) is 11.6 Å². The second-order valence-electron chi connectivity index (χ2n) is 4.41. The Bertz CT molecular complexity index is 547. The maximum absolute atomic E-state index is 14.0. The lowest BCUT2D eigenvalue weighted by Gasteiger charge is -2.19. The largest absolute Gasteiger partial charge is 0.309 e. The predicted octanol–water partition coefficient (Wildman–Crippen LogP) is 4.24. The SMILES string of the molecule is CNC(c1ccc(C)cc1F)c1ccc(Cl)cc1F. The Kier molecular flexibility index (Phi) is 4.17. The van der Waals surface area contributed by atoms with Gasteiger partial charge in [-0.3, -0.25) is 0 Å². The standard InChI is InChI=1S/C15H14ClF2N/c1-9-3-5-11(13(17)7-9)15(19-2)12-6-4-10(16)8-14(12)18/h3-8,15,19H,1-2H3. The molecule has 19 heavy (non-hydrogen) atoms. The molecule has 1 unspecified atom stereocenters. The van der Waals surface area contributed by atoms with Crippen LogP contribution in [0.3, 0.4) is 0 Å². The van der Waals surface area contributed by atoms with E-state index in [9.17, 15) is 8.78 Å². The highest BCUT2D eigenvalue weighted by Gasteiger charge is 2.19. The Morgan fingerprint density at radius 3 is 2.11 bits per heavy atom. The first-order valence-electron chi connectivity index (χ1n) is 5.91. The molecule has 0 aliphatic rings. The number of halogens is 3. The molecule has 4 heteroatoms. The number of aryl methyl sites for hydroxylation is 1. The summed E-state index contributed by atoms with van der Waals surface area (Å²) in [7, 11) is 1.66. The van der Waals surface area contributed by atoms with E-state index in [1.54, 1.807) is 31.3 Å². The molecule has 100 valence electrons. The Hall–Kier alpha value is -1.45. The van der Waals surface area contributed by atoms with Crippen molar-refractivity contribution in [2.75, 3.05) is 7.05 Å². The molecule has 1 nitrogen and oxygen atoms in total. The topological polar surface area (TPSA) is 12.0 Å². The fraction of sp³-hybridized carbons (Fsp3) is 0.200. The summed E-state index contributed by atoms with van der Waals surface area (Å²) in [6.07, 6.45) is 0. The summed E-state index contributed by atoms with van der Waals surface area (Å²) in [4.78, 5) is 0. The molecule has 2 aromatic carbocycles. The van der Waals surface area contributed by atoms with Crippen molar-refractivity contribution in [3.63, 3.8) is 0 Å². The van der Waals surface area contributed by atoms with Crippen LogP contribution in [0.15, 0.2) is 36.4 Å². The molecule has 2 aromatic rings. The number of benzene rings is 2. The van der Waals surface area contributed by atoms with Crippen LogP contribution in [-0.2, 0) is 0 Å². The highest BCUT2D eigenvalue weighted by atomic mass is 35.5. The third-order valence-electron chi connectivity index (χ3n) is 3.03. The van der Waals surface area contributed by atoms with Crippen LogP contribution in [0.2, 0.25) is 5.02 Å². The van der Waals surface area contributed by atoms with Gasteiger partial charge in [-0.1, -0.05) is 29.8 Å². The van der Waals surface area contributed by atoms with Crippen molar-refractivity contribution >= 4 is 11.6 Å². The molecule has 0 aliphatic heterocycles. The van der Waals surface area contributed by atoms with Crippen LogP contribution in [0.4, 0.5) is 8.78 Å². The molecule has 0 radical (unpaired) electrons. The summed E-state index contributed by atoms with van der Waals surface area (Å²) in [6.45, 7) is 1.81. The van der Waals surface area contributed by atoms with Gasteiger partial charge in [-0.15, -0.1) is 0 Å². The van der Waals surface area contributed by atoms with Crippen LogP contribution < -0.4 is 5.32 Å². The third kappa shape index (κ3) is 2.94. The van der Waals surface area contributed by atoms with Crippen molar-refractivity contribution in [3.05, 3.63) is 69.7 Å². The fourth-order valence-electron chi connectivity index (χ4n) is 2.08. The van der Waals surface area contributed by atoms with E-state index in [2.05, 4.69) is 5.32 Å². The summed E-state index contributed by atoms with van der Waals surface area (Å²) >= 11 is 5.73. The molecule has 0 bridgehead atoms. The molecule has 0 spiro atoms. The molecule has 0 amide bonds. The molecule has 0 heterocycles. The first-order valence-corrected chi connectivity index (χ1v) is 6.29. The van der Waals surface area contributed by atoms with E-state index in [1.807, 2.05) is 6.92 Å². The second kappa shape index (κ2) is 5.68. The summed E-state index contributed by atoms with van der Waals surface area (Å²) in [6, 6.07) is 8.75. The zero-order chi connectivity index (χ0) is 14.0. The Balaban J connectivity index is 2.50. The minimum Gasteiger partial charge on any atom is -0.309 e. The molecule has 0 saturated heterocycles. The lowest BCUT2D eigenvalue weighted by atomic mass is 9.97. The van der Waals surface area contributed by atoms with Crippen LogP contribution in [-0.4, -0.2) is 7.05 Å². The van der Waals surface area contributed by atoms with Crippen LogP contribution in [0.5, 0.6) is 0 Å². The molecule has 0 saturated carbocycles. The zero-order valence-electron chi connectivity index (χ0n) is 10.7. The first-order chi connectivity index (χ1) is 9.02. The van der Waals surface area contributed by atoms with Crippen molar-refractivity contribution in [2.24, 2.45) is 0 Å². The molecular weight excluding hydrogens is 268 g/mol. The van der Waals surface area contributed by atoms with Gasteiger partial charge >= 0.3 is 0 Å². The average molecular weight is 282 g/mol. The quantitative estimate of drug-likeness (QED) is 0.887. The molecule has 0 aliphatic carbocycles. The van der Waals surface area contributed by atoms with E-state index < -0.39 is 11.9 Å². The van der Waals surface area contributed by atoms with Gasteiger partial charge in [0.15, 0.2) is 0 Å². The highest BCUT2D eigenvalue weighted by Crippen LogP contribution is 2.28. The van der Waals surface area contributed by atoms with E-state index in [0.29, 0.717) is 16.1 Å². The number of rotatable bonds is 3. The van der Waals surface area contributed by atoms with Crippen LogP contribution in [0.1, 0.15) is 22.7 Å². The number of hydrogen-bond donors (Lipinski definition) is 1. The predicted molar refractivity (Wildman–Crippen MR) is 73.4 cm³/mol. The minimum atomic E-state index is -0.544. The lowest BCUT2D eigenvalue weighted by molar-refractivity contribution is 0.546. The van der Waals surface area contributed by atoms with Crippen LogP contribution >= 0.6 is 11.6 Å². The Morgan fingerprint density at radius 1 is 1.00 bits per heavy atom. The zero-order valence-corrected chi connectivity index (χ0v) is 11.4. The van der Waals surface area contributed by atoms with E-state index in [1.165, 1.54) is 12.1 Å². The van der Waals surface area contributed by atoms with E-state index in [4.69, 9.17) is 11.6 Å². The van der Waals surface area contributed by atoms with Crippen molar-refractivity contribution in [1.82, 2.24) is 5.32 Å². The first kappa shape index (κ1) is 14.0. The molecule has 1 N–H and O–H groups in total. The second-order valence-corrected chi connectivity index (χ2v) is 4.85. The smallest absolute Gasteiger partial charge is 0.129 e. The monoisotopic (exact) mass is 281 g/mol. The average Bonchev–Trinajstić information content (AvgIpc) is 2.34. The summed E-state index contributed by atoms with van der Waals surface area (Å²) < 4.78 is 27.9. The van der Waals surface area contributed by atoms with Gasteiger partial charge in [0.2, 0.25) is 0 Å². The maximum Gasteiger partial charge on any atom is 0.129 e. The van der Waals surface area contributed by atoms with Gasteiger partial charge in [0, 0.05) is 16.1 Å². The van der Waals surface area contributed by atoms with Crippen molar-refractivity contribution in [2.45, 2.75) is 13.0 Å². The van der Waals surface area contributed by atoms with Gasteiger partial charge in [-0.2, -0.15) is 0 Å². The molecular formula is C15H14ClF2N. The van der Waals surface area contributed by atoms with Gasteiger partial charge < -0.3 is 5.32 Å². The summed E-state index contributed by atoms with van der Waals surface area (Å²) in [5.74, 6) is -0.805. The fourth-order valence-corrected chi connectivity index (χ4v) is 2.24. The van der Waals surface area contributed by atoms with Crippen molar-refractivity contribution in [1.29, 1.82) is 0 Å². The van der Waals surface area contributed by atoms with Gasteiger partial charge in [0.25, 0.3) is 0 Å². The highest BCUT2D eigenvalue weighted by molar-refractivity contribution is 6.30. The van der Waals surface area contributed by atoms with E-state index >= 15 is 0 Å². The molecule has 0 aromatic heterocycles. The summed E-state index contributed by atoms with van der Waals surface area (Å²) in [5, 5.41) is 3.25. The number of hydrogen-bond acceptors (Lipinski definition) is 1. The number of nitrogens with one attached hydrogen (secondary N) is 1. The van der Waals surface area contributed by atoms with Crippen LogP contribution in [0, 0.1) is 18.6 Å². The van der Waals surface area contributed by atoms with Gasteiger partial charge in [-0.25, -0.2) is 8.78 Å². The summed E-state index contributed by atoms with van der Waals surface area (Å²) in [5.41, 5.74) is 1.61. The van der Waals surface area contributed by atoms with Gasteiger partial charge in [0.05, 0.1) is 6.04 Å². The minimum absolute atomic E-state index is 0.320. The lowest BCUT2D eigenvalue weighted by Crippen LogP contribution is -2.20. The van der Waals surface area contributed by atoms with E-state index in [0.717, 1.165) is 5.56 Å². The van der Waals surface area contributed by atoms with E-state index in [-0.39, 0.29) is 5.82 Å². The normalized spacial score (nSPS) is 12.5. The third-order valence-corrected chi connectivity index (χ3v) is 3.26. The van der Waals surface area contributed by atoms with Crippen molar-refractivity contribution < 1.29 is 8.78 Å². The molecule has 2 rings (SSSR count). The molecule has 1 atom stereocenters.